The van der Waals surface area contributed by atoms with Gasteiger partial charge in [-0.15, -0.1) is 10.2 Å². The number of amides is 1. The summed E-state index contributed by atoms with van der Waals surface area (Å²) in [7, 11) is 0. The van der Waals surface area contributed by atoms with Crippen molar-refractivity contribution < 1.29 is 9.90 Å². The molecule has 0 aliphatic rings. The Hall–Kier alpha value is -3.55. The summed E-state index contributed by atoms with van der Waals surface area (Å²) in [6.07, 6.45) is 1.47. The molecular weight excluding hydrogens is 308 g/mol. The predicted molar refractivity (Wildman–Crippen MR) is 87.1 cm³/mol. The van der Waals surface area contributed by atoms with E-state index in [4.69, 9.17) is 0 Å². The second kappa shape index (κ2) is 7.14. The van der Waals surface area contributed by atoms with Crippen LogP contribution in [0.3, 0.4) is 0 Å². The van der Waals surface area contributed by atoms with Gasteiger partial charge >= 0.3 is 0 Å². The zero-order chi connectivity index (χ0) is 16.8. The summed E-state index contributed by atoms with van der Waals surface area (Å²) in [6.45, 7) is -0.0905. The van der Waals surface area contributed by atoms with Crippen LogP contribution in [0.1, 0.15) is 5.56 Å². The lowest BCUT2D eigenvalue weighted by Gasteiger charge is -1.98. The van der Waals surface area contributed by atoms with Crippen molar-refractivity contribution in [1.29, 1.82) is 0 Å². The Kier molecular flexibility index (Phi) is 4.57. The van der Waals surface area contributed by atoms with Gasteiger partial charge in [-0.25, -0.2) is 5.43 Å². The Labute approximate surface area is 137 Å². The van der Waals surface area contributed by atoms with Crippen LogP contribution < -0.4 is 5.43 Å². The fraction of sp³-hybridized carbons (Fsp3) is 0.0625. The van der Waals surface area contributed by atoms with E-state index in [-0.39, 0.29) is 18.2 Å². The first kappa shape index (κ1) is 15.3. The van der Waals surface area contributed by atoms with E-state index in [9.17, 15) is 9.90 Å². The van der Waals surface area contributed by atoms with Crippen molar-refractivity contribution in [3.05, 3.63) is 60.2 Å². The highest BCUT2D eigenvalue weighted by Crippen LogP contribution is 2.11. The van der Waals surface area contributed by atoms with Crippen molar-refractivity contribution in [2.75, 3.05) is 0 Å². The van der Waals surface area contributed by atoms with Gasteiger partial charge in [-0.05, 0) is 35.0 Å². The van der Waals surface area contributed by atoms with Crippen molar-refractivity contribution >= 4 is 12.1 Å². The third-order valence-electron chi connectivity index (χ3n) is 3.07. The fourth-order valence-corrected chi connectivity index (χ4v) is 1.92. The predicted octanol–water partition coefficient (Wildman–Crippen LogP) is 1.20. The van der Waals surface area contributed by atoms with Crippen molar-refractivity contribution in [2.45, 2.75) is 6.54 Å². The Morgan fingerprint density at radius 2 is 1.92 bits per heavy atom. The topological polar surface area (TPSA) is 105 Å². The van der Waals surface area contributed by atoms with Gasteiger partial charge in [-0.1, -0.05) is 30.3 Å². The monoisotopic (exact) mass is 322 g/mol. The highest BCUT2D eigenvalue weighted by molar-refractivity contribution is 5.82. The molecule has 1 amide bonds. The SMILES string of the molecule is O=C(Cn1nnc(-c2ccccc2)n1)NN=Cc1ccc(O)cc1. The molecule has 0 unspecified atom stereocenters. The van der Waals surface area contributed by atoms with Crippen LogP contribution in [0.2, 0.25) is 0 Å². The maximum atomic E-state index is 11.8. The van der Waals surface area contributed by atoms with Gasteiger partial charge in [0.25, 0.3) is 5.91 Å². The molecule has 0 aliphatic carbocycles. The van der Waals surface area contributed by atoms with E-state index in [1.54, 1.807) is 12.1 Å². The van der Waals surface area contributed by atoms with Gasteiger partial charge in [0.2, 0.25) is 5.82 Å². The van der Waals surface area contributed by atoms with E-state index < -0.39 is 0 Å². The molecule has 1 heterocycles. The summed E-state index contributed by atoms with van der Waals surface area (Å²) in [5, 5.41) is 24.9. The molecule has 3 aromatic rings. The Bertz CT molecular complexity index is 843. The highest BCUT2D eigenvalue weighted by atomic mass is 16.3. The van der Waals surface area contributed by atoms with Gasteiger partial charge < -0.3 is 5.11 Å². The minimum Gasteiger partial charge on any atom is -0.508 e. The molecule has 0 saturated carbocycles. The van der Waals surface area contributed by atoms with E-state index in [1.807, 2.05) is 30.3 Å². The first-order chi connectivity index (χ1) is 11.7. The number of benzene rings is 2. The van der Waals surface area contributed by atoms with Gasteiger partial charge in [0.15, 0.2) is 0 Å². The molecule has 24 heavy (non-hydrogen) atoms. The average Bonchev–Trinajstić information content (AvgIpc) is 3.06. The third-order valence-corrected chi connectivity index (χ3v) is 3.07. The van der Waals surface area contributed by atoms with E-state index >= 15 is 0 Å². The first-order valence-corrected chi connectivity index (χ1v) is 7.15. The molecule has 0 saturated heterocycles. The smallest absolute Gasteiger partial charge is 0.263 e. The van der Waals surface area contributed by atoms with Gasteiger partial charge in [0, 0.05) is 5.56 Å². The maximum absolute atomic E-state index is 11.8. The number of hydrogen-bond donors (Lipinski definition) is 2. The number of tetrazole rings is 1. The lowest BCUT2D eigenvalue weighted by molar-refractivity contribution is -0.122. The van der Waals surface area contributed by atoms with Crippen molar-refractivity contribution in [2.24, 2.45) is 5.10 Å². The first-order valence-electron chi connectivity index (χ1n) is 7.15. The standard InChI is InChI=1S/C16H14N6O2/c23-14-8-6-12(7-9-14)10-17-18-15(24)11-22-20-16(19-21-22)13-4-2-1-3-5-13/h1-10,23H,11H2,(H,18,24). The summed E-state index contributed by atoms with van der Waals surface area (Å²) < 4.78 is 0. The Morgan fingerprint density at radius 1 is 1.17 bits per heavy atom. The van der Waals surface area contributed by atoms with Crippen LogP contribution in [0.5, 0.6) is 5.75 Å². The lowest BCUT2D eigenvalue weighted by Crippen LogP contribution is -2.24. The number of nitrogens with zero attached hydrogens (tertiary/aromatic N) is 5. The van der Waals surface area contributed by atoms with Crippen molar-refractivity contribution in [1.82, 2.24) is 25.6 Å². The van der Waals surface area contributed by atoms with Crippen LogP contribution in [-0.2, 0) is 11.3 Å². The average molecular weight is 322 g/mol. The number of nitrogens with one attached hydrogen (secondary N) is 1. The zero-order valence-corrected chi connectivity index (χ0v) is 12.6. The number of aromatic hydroxyl groups is 1. The second-order valence-electron chi connectivity index (χ2n) is 4.89. The summed E-state index contributed by atoms with van der Waals surface area (Å²) in [6, 6.07) is 15.8. The Balaban J connectivity index is 1.55. The molecule has 1 aromatic heterocycles. The van der Waals surface area contributed by atoms with Gasteiger partial charge in [-0.2, -0.15) is 9.90 Å². The lowest BCUT2D eigenvalue weighted by atomic mass is 10.2. The molecule has 2 N–H and O–H groups in total. The fourth-order valence-electron chi connectivity index (χ4n) is 1.92. The summed E-state index contributed by atoms with van der Waals surface area (Å²) in [5.74, 6) is 0.251. The molecule has 3 rings (SSSR count). The van der Waals surface area contributed by atoms with Crippen LogP contribution in [0.25, 0.3) is 11.4 Å². The summed E-state index contributed by atoms with van der Waals surface area (Å²) in [5.41, 5.74) is 3.96. The van der Waals surface area contributed by atoms with Crippen molar-refractivity contribution in [3.63, 3.8) is 0 Å². The molecule has 2 aromatic carbocycles. The zero-order valence-electron chi connectivity index (χ0n) is 12.6. The number of carbonyl (C=O) groups excluding carboxylic acids is 1. The number of rotatable bonds is 5. The second-order valence-corrected chi connectivity index (χ2v) is 4.89. The molecule has 0 bridgehead atoms. The minimum absolute atomic E-state index is 0.0905. The van der Waals surface area contributed by atoms with E-state index in [0.717, 1.165) is 11.1 Å². The highest BCUT2D eigenvalue weighted by Gasteiger charge is 2.08. The van der Waals surface area contributed by atoms with Gasteiger partial charge in [0.1, 0.15) is 12.3 Å². The molecule has 0 atom stereocenters. The maximum Gasteiger partial charge on any atom is 0.263 e. The van der Waals surface area contributed by atoms with Crippen LogP contribution >= 0.6 is 0 Å². The molecule has 8 heteroatoms. The number of aromatic nitrogens is 4. The van der Waals surface area contributed by atoms with Gasteiger partial charge in [0.05, 0.1) is 6.21 Å². The Morgan fingerprint density at radius 3 is 2.67 bits per heavy atom. The minimum atomic E-state index is -0.373. The molecule has 120 valence electrons. The van der Waals surface area contributed by atoms with Crippen LogP contribution in [-0.4, -0.2) is 37.4 Å². The number of phenolic OH excluding ortho intramolecular Hbond substituents is 1. The largest absolute Gasteiger partial charge is 0.508 e. The molecule has 0 aliphatic heterocycles. The summed E-state index contributed by atoms with van der Waals surface area (Å²) >= 11 is 0. The molecule has 0 radical (unpaired) electrons. The van der Waals surface area contributed by atoms with Crippen LogP contribution in [0, 0.1) is 0 Å². The third kappa shape index (κ3) is 4.01. The van der Waals surface area contributed by atoms with Crippen molar-refractivity contribution in [3.8, 4) is 17.1 Å². The number of phenols is 1. The number of carbonyl (C=O) groups is 1. The number of hydrazone groups is 1. The molecule has 0 fully saturated rings. The van der Waals surface area contributed by atoms with Gasteiger partial charge in [-0.3, -0.25) is 4.79 Å². The van der Waals surface area contributed by atoms with E-state index in [2.05, 4.69) is 25.9 Å². The quantitative estimate of drug-likeness (QED) is 0.542. The van der Waals surface area contributed by atoms with E-state index in [1.165, 1.54) is 23.1 Å². The molecule has 0 spiro atoms. The normalized spacial score (nSPS) is 10.8. The van der Waals surface area contributed by atoms with Crippen LogP contribution in [0.15, 0.2) is 59.7 Å². The number of hydrogen-bond acceptors (Lipinski definition) is 6. The van der Waals surface area contributed by atoms with Crippen LogP contribution in [0.4, 0.5) is 0 Å². The molecule has 8 nitrogen and oxygen atoms in total. The summed E-state index contributed by atoms with van der Waals surface area (Å²) in [4.78, 5) is 13.0. The van der Waals surface area contributed by atoms with E-state index in [0.29, 0.717) is 5.82 Å². The molecular formula is C16H14N6O2.